The number of aliphatic hydroxyl groups excluding tert-OH is 2. The van der Waals surface area contributed by atoms with Crippen molar-refractivity contribution in [2.75, 3.05) is 0 Å². The van der Waals surface area contributed by atoms with Crippen LogP contribution < -0.4 is 5.32 Å². The lowest BCUT2D eigenvalue weighted by molar-refractivity contribution is -0.166. The summed E-state index contributed by atoms with van der Waals surface area (Å²) >= 11 is 0. The summed E-state index contributed by atoms with van der Waals surface area (Å²) in [5.74, 6) is -1.11. The number of esters is 1. The van der Waals surface area contributed by atoms with Gasteiger partial charge >= 0.3 is 5.97 Å². The van der Waals surface area contributed by atoms with Crippen molar-refractivity contribution in [3.05, 3.63) is 35.9 Å². The maximum atomic E-state index is 11.8. The van der Waals surface area contributed by atoms with E-state index >= 15 is 0 Å². The first kappa shape index (κ1) is 17.1. The summed E-state index contributed by atoms with van der Waals surface area (Å²) in [5.41, 5.74) is 0.953. The molecule has 1 amide bonds. The number of benzene rings is 1. The highest BCUT2D eigenvalue weighted by Gasteiger charge is 2.18. The van der Waals surface area contributed by atoms with Crippen molar-refractivity contribution < 1.29 is 24.5 Å². The van der Waals surface area contributed by atoms with Crippen molar-refractivity contribution in [1.29, 1.82) is 0 Å². The largest absolute Gasteiger partial charge is 0.436 e. The molecule has 0 bridgehead atoms. The standard InChI is InChI=1S/C15H21NO5/c1-10(12-6-4-3-5-7-12)16-14(19)8-13(18)9-15(20)21-11(2)17/h3-7,10-11,13,17-18H,8-9H2,1-2H3,(H,16,19)/t10?,11?,13-/m1/s1. The van der Waals surface area contributed by atoms with Gasteiger partial charge in [-0.3, -0.25) is 9.59 Å². The van der Waals surface area contributed by atoms with Crippen molar-refractivity contribution in [1.82, 2.24) is 5.32 Å². The zero-order chi connectivity index (χ0) is 15.8. The summed E-state index contributed by atoms with van der Waals surface area (Å²) in [6.45, 7) is 3.12. The third-order valence-electron chi connectivity index (χ3n) is 2.80. The maximum absolute atomic E-state index is 11.8. The molecule has 21 heavy (non-hydrogen) atoms. The fourth-order valence-corrected chi connectivity index (χ4v) is 1.84. The highest BCUT2D eigenvalue weighted by molar-refractivity contribution is 5.78. The molecule has 0 saturated heterocycles. The van der Waals surface area contributed by atoms with E-state index in [1.165, 1.54) is 6.92 Å². The lowest BCUT2D eigenvalue weighted by atomic mass is 10.1. The van der Waals surface area contributed by atoms with Crippen LogP contribution in [-0.2, 0) is 14.3 Å². The molecule has 116 valence electrons. The number of carbonyl (C=O) groups excluding carboxylic acids is 2. The molecule has 0 saturated carbocycles. The monoisotopic (exact) mass is 295 g/mol. The Morgan fingerprint density at radius 1 is 1.14 bits per heavy atom. The lowest BCUT2D eigenvalue weighted by Gasteiger charge is -2.16. The molecule has 0 heterocycles. The molecule has 1 aromatic rings. The van der Waals surface area contributed by atoms with E-state index in [4.69, 9.17) is 5.11 Å². The van der Waals surface area contributed by atoms with Gasteiger partial charge in [0.05, 0.1) is 25.0 Å². The predicted octanol–water partition coefficient (Wildman–Crippen LogP) is 0.886. The summed E-state index contributed by atoms with van der Waals surface area (Å²) < 4.78 is 4.48. The van der Waals surface area contributed by atoms with Crippen LogP contribution in [0.15, 0.2) is 30.3 Å². The van der Waals surface area contributed by atoms with E-state index in [0.717, 1.165) is 5.56 Å². The molecule has 0 aromatic heterocycles. The van der Waals surface area contributed by atoms with Crippen LogP contribution in [0.2, 0.25) is 0 Å². The number of amides is 1. The Morgan fingerprint density at radius 2 is 1.76 bits per heavy atom. The Bertz CT molecular complexity index is 460. The van der Waals surface area contributed by atoms with Gasteiger partial charge in [0.2, 0.25) is 5.91 Å². The number of hydrogen-bond acceptors (Lipinski definition) is 5. The molecule has 0 fully saturated rings. The zero-order valence-corrected chi connectivity index (χ0v) is 12.2. The Labute approximate surface area is 123 Å². The summed E-state index contributed by atoms with van der Waals surface area (Å²) in [4.78, 5) is 23.0. The Hall–Kier alpha value is -1.92. The number of ether oxygens (including phenoxy) is 1. The van der Waals surface area contributed by atoms with Crippen molar-refractivity contribution in [3.8, 4) is 0 Å². The molecular formula is C15H21NO5. The van der Waals surface area contributed by atoms with E-state index in [0.29, 0.717) is 0 Å². The summed E-state index contributed by atoms with van der Waals surface area (Å²) in [6, 6.07) is 9.23. The van der Waals surface area contributed by atoms with Gasteiger partial charge in [0.1, 0.15) is 0 Å². The minimum atomic E-state index is -1.23. The second-order valence-corrected chi connectivity index (χ2v) is 4.85. The Balaban J connectivity index is 2.37. The van der Waals surface area contributed by atoms with Gasteiger partial charge in [-0.15, -0.1) is 0 Å². The van der Waals surface area contributed by atoms with Crippen molar-refractivity contribution in [2.45, 2.75) is 45.1 Å². The third-order valence-corrected chi connectivity index (χ3v) is 2.80. The SMILES string of the molecule is CC(O)OC(=O)C[C@H](O)CC(=O)NC(C)c1ccccc1. The summed E-state index contributed by atoms with van der Waals surface area (Å²) in [7, 11) is 0. The van der Waals surface area contributed by atoms with E-state index in [-0.39, 0.29) is 24.8 Å². The van der Waals surface area contributed by atoms with Crippen molar-refractivity contribution in [3.63, 3.8) is 0 Å². The van der Waals surface area contributed by atoms with Gasteiger partial charge in [-0.1, -0.05) is 30.3 Å². The van der Waals surface area contributed by atoms with Gasteiger partial charge in [0.25, 0.3) is 0 Å². The van der Waals surface area contributed by atoms with Crippen LogP contribution in [0.3, 0.4) is 0 Å². The number of nitrogens with one attached hydrogen (secondary N) is 1. The summed E-state index contributed by atoms with van der Waals surface area (Å²) in [5, 5.41) is 21.2. The first-order valence-corrected chi connectivity index (χ1v) is 6.78. The van der Waals surface area contributed by atoms with Gasteiger partial charge in [-0.05, 0) is 19.4 Å². The first-order chi connectivity index (χ1) is 9.88. The quantitative estimate of drug-likeness (QED) is 0.513. The van der Waals surface area contributed by atoms with Gasteiger partial charge in [-0.2, -0.15) is 0 Å². The van der Waals surface area contributed by atoms with E-state index < -0.39 is 18.4 Å². The Kier molecular flexibility index (Phi) is 6.84. The minimum Gasteiger partial charge on any atom is -0.436 e. The topological polar surface area (TPSA) is 95.9 Å². The van der Waals surface area contributed by atoms with E-state index in [1.54, 1.807) is 0 Å². The molecule has 6 heteroatoms. The van der Waals surface area contributed by atoms with Crippen LogP contribution in [0.5, 0.6) is 0 Å². The third kappa shape index (κ3) is 6.87. The molecule has 0 aliphatic carbocycles. The zero-order valence-electron chi connectivity index (χ0n) is 12.2. The van der Waals surface area contributed by atoms with Gasteiger partial charge in [-0.25, -0.2) is 0 Å². The van der Waals surface area contributed by atoms with Crippen LogP contribution in [0.25, 0.3) is 0 Å². The molecule has 3 N–H and O–H groups in total. The average Bonchev–Trinajstić information content (AvgIpc) is 2.37. The normalized spacial score (nSPS) is 14.9. The predicted molar refractivity (Wildman–Crippen MR) is 76.0 cm³/mol. The molecule has 1 aromatic carbocycles. The molecular weight excluding hydrogens is 274 g/mol. The van der Waals surface area contributed by atoms with E-state index in [1.807, 2.05) is 37.3 Å². The van der Waals surface area contributed by atoms with Crippen molar-refractivity contribution >= 4 is 11.9 Å². The number of carbonyl (C=O) groups is 2. The molecule has 0 spiro atoms. The highest BCUT2D eigenvalue weighted by Crippen LogP contribution is 2.11. The minimum absolute atomic E-state index is 0.185. The maximum Gasteiger partial charge on any atom is 0.310 e. The Morgan fingerprint density at radius 3 is 2.33 bits per heavy atom. The fourth-order valence-electron chi connectivity index (χ4n) is 1.84. The number of hydrogen-bond donors (Lipinski definition) is 3. The van der Waals surface area contributed by atoms with Crippen LogP contribution in [0.4, 0.5) is 0 Å². The molecule has 1 rings (SSSR count). The lowest BCUT2D eigenvalue weighted by Crippen LogP contribution is -2.31. The van der Waals surface area contributed by atoms with Gasteiger partial charge < -0.3 is 20.3 Å². The van der Waals surface area contributed by atoms with E-state index in [9.17, 15) is 14.7 Å². The highest BCUT2D eigenvalue weighted by atomic mass is 16.6. The van der Waals surface area contributed by atoms with Gasteiger partial charge in [0.15, 0.2) is 6.29 Å². The number of aliphatic hydroxyl groups is 2. The van der Waals surface area contributed by atoms with E-state index in [2.05, 4.69) is 10.1 Å². The molecule has 0 aliphatic rings. The first-order valence-electron chi connectivity index (χ1n) is 6.78. The fraction of sp³-hybridized carbons (Fsp3) is 0.467. The molecule has 0 aliphatic heterocycles. The average molecular weight is 295 g/mol. The van der Waals surface area contributed by atoms with Crippen LogP contribution in [0.1, 0.15) is 38.3 Å². The van der Waals surface area contributed by atoms with Crippen LogP contribution in [0, 0.1) is 0 Å². The molecule has 6 nitrogen and oxygen atoms in total. The van der Waals surface area contributed by atoms with Crippen LogP contribution >= 0.6 is 0 Å². The number of rotatable bonds is 7. The molecule has 0 radical (unpaired) electrons. The smallest absolute Gasteiger partial charge is 0.310 e. The second-order valence-electron chi connectivity index (χ2n) is 4.85. The summed E-state index contributed by atoms with van der Waals surface area (Å²) in [6.07, 6.45) is -2.90. The second kappa shape index (κ2) is 8.39. The van der Waals surface area contributed by atoms with Crippen molar-refractivity contribution in [2.24, 2.45) is 0 Å². The molecule has 2 unspecified atom stereocenters. The molecule has 3 atom stereocenters. The van der Waals surface area contributed by atoms with Gasteiger partial charge in [0, 0.05) is 0 Å². The van der Waals surface area contributed by atoms with Crippen LogP contribution in [-0.4, -0.2) is 34.5 Å².